The number of aromatic nitrogens is 2. The van der Waals surface area contributed by atoms with Crippen LogP contribution in [0.5, 0.6) is 11.5 Å². The first-order valence-electron chi connectivity index (χ1n) is 5.83. The van der Waals surface area contributed by atoms with Crippen LogP contribution in [0.15, 0.2) is 29.5 Å². The fraction of sp³-hybridized carbons (Fsp3) is 0.154. The Bertz CT molecular complexity index is 665. The molecule has 0 fully saturated rings. The zero-order valence-electron chi connectivity index (χ0n) is 11.3. The molecule has 1 N–H and O–H groups in total. The van der Waals surface area contributed by atoms with Crippen LogP contribution in [-0.4, -0.2) is 30.6 Å². The van der Waals surface area contributed by atoms with E-state index < -0.39 is 0 Å². The lowest BCUT2D eigenvalue weighted by Gasteiger charge is -2.07. The van der Waals surface area contributed by atoms with Crippen molar-refractivity contribution in [3.8, 4) is 11.5 Å². The molecule has 0 aliphatic carbocycles. The number of benzene rings is 1. The number of hydrazone groups is 1. The van der Waals surface area contributed by atoms with Gasteiger partial charge in [0.1, 0.15) is 5.02 Å². The van der Waals surface area contributed by atoms with Crippen molar-refractivity contribution in [1.29, 1.82) is 0 Å². The first-order chi connectivity index (χ1) is 10.2. The third-order valence-electron chi connectivity index (χ3n) is 2.56. The van der Waals surface area contributed by atoms with Gasteiger partial charge in [-0.25, -0.2) is 0 Å². The molecule has 6 nitrogen and oxygen atoms in total. The second-order valence-corrected chi connectivity index (χ2v) is 4.58. The number of nitrogens with one attached hydrogen (secondary N) is 1. The maximum absolute atomic E-state index is 5.95. The average molecular weight is 327 g/mol. The third kappa shape index (κ3) is 3.74. The standard InChI is InChI=1S/C13H12Cl2N4O2/c1-20-10-4-3-8(5-11(10)21-2)6-16-18-9-7-17-19-13(15)12(9)14/h3-7H,1-2H3,(H,18,19)/b16-6-. The molecule has 0 amide bonds. The molecule has 0 spiro atoms. The molecule has 21 heavy (non-hydrogen) atoms. The number of nitrogens with zero attached hydrogens (tertiary/aromatic N) is 3. The Morgan fingerprint density at radius 2 is 1.95 bits per heavy atom. The molecule has 8 heteroatoms. The van der Waals surface area contributed by atoms with E-state index >= 15 is 0 Å². The van der Waals surface area contributed by atoms with Gasteiger partial charge >= 0.3 is 0 Å². The first-order valence-corrected chi connectivity index (χ1v) is 6.59. The van der Waals surface area contributed by atoms with Crippen molar-refractivity contribution in [3.05, 3.63) is 40.1 Å². The van der Waals surface area contributed by atoms with E-state index in [1.807, 2.05) is 6.07 Å². The summed E-state index contributed by atoms with van der Waals surface area (Å²) in [6.07, 6.45) is 3.03. The van der Waals surface area contributed by atoms with Gasteiger partial charge in [0.25, 0.3) is 0 Å². The van der Waals surface area contributed by atoms with Crippen LogP contribution >= 0.6 is 23.2 Å². The largest absolute Gasteiger partial charge is 0.493 e. The minimum atomic E-state index is 0.114. The van der Waals surface area contributed by atoms with Crippen molar-refractivity contribution < 1.29 is 9.47 Å². The second kappa shape index (κ2) is 7.10. The summed E-state index contributed by atoms with van der Waals surface area (Å²) in [7, 11) is 3.15. The summed E-state index contributed by atoms with van der Waals surface area (Å²) in [5.41, 5.74) is 4.04. The smallest absolute Gasteiger partial charge is 0.172 e. The Morgan fingerprint density at radius 1 is 1.19 bits per heavy atom. The van der Waals surface area contributed by atoms with Crippen molar-refractivity contribution in [2.24, 2.45) is 5.10 Å². The van der Waals surface area contributed by atoms with Crippen LogP contribution in [-0.2, 0) is 0 Å². The summed E-state index contributed by atoms with van der Waals surface area (Å²) >= 11 is 11.7. The van der Waals surface area contributed by atoms with E-state index in [0.717, 1.165) is 5.56 Å². The monoisotopic (exact) mass is 326 g/mol. The highest BCUT2D eigenvalue weighted by atomic mass is 35.5. The fourth-order valence-electron chi connectivity index (χ4n) is 1.54. The van der Waals surface area contributed by atoms with Gasteiger partial charge in [0.15, 0.2) is 16.7 Å². The summed E-state index contributed by atoms with van der Waals surface area (Å²) in [5.74, 6) is 1.27. The predicted molar refractivity (Wildman–Crippen MR) is 82.8 cm³/mol. The minimum Gasteiger partial charge on any atom is -0.493 e. The molecule has 0 aliphatic rings. The molecule has 0 atom stereocenters. The highest BCUT2D eigenvalue weighted by Crippen LogP contribution is 2.28. The quantitative estimate of drug-likeness (QED) is 0.674. The molecule has 1 aromatic heterocycles. The Balaban J connectivity index is 2.13. The number of methoxy groups -OCH3 is 2. The Kier molecular flexibility index (Phi) is 5.19. The van der Waals surface area contributed by atoms with E-state index in [0.29, 0.717) is 17.2 Å². The lowest BCUT2D eigenvalue weighted by molar-refractivity contribution is 0.355. The van der Waals surface area contributed by atoms with Crippen molar-refractivity contribution in [2.75, 3.05) is 19.6 Å². The molecule has 0 saturated heterocycles. The summed E-state index contributed by atoms with van der Waals surface area (Å²) in [6.45, 7) is 0. The zero-order chi connectivity index (χ0) is 15.2. The lowest BCUT2D eigenvalue weighted by Crippen LogP contribution is -1.96. The van der Waals surface area contributed by atoms with Gasteiger partial charge in [-0.15, -0.1) is 5.10 Å². The lowest BCUT2D eigenvalue weighted by atomic mass is 10.2. The Morgan fingerprint density at radius 3 is 2.67 bits per heavy atom. The van der Waals surface area contributed by atoms with Crippen LogP contribution in [0.3, 0.4) is 0 Å². The number of anilines is 1. The van der Waals surface area contributed by atoms with Gasteiger partial charge in [0.2, 0.25) is 0 Å². The molecule has 110 valence electrons. The van der Waals surface area contributed by atoms with Crippen LogP contribution in [0.1, 0.15) is 5.56 Å². The van der Waals surface area contributed by atoms with E-state index in [1.54, 1.807) is 32.6 Å². The number of hydrogen-bond donors (Lipinski definition) is 1. The summed E-state index contributed by atoms with van der Waals surface area (Å²) < 4.78 is 10.4. The summed E-state index contributed by atoms with van der Waals surface area (Å²) in [5, 5.41) is 11.7. The van der Waals surface area contributed by atoms with Crippen LogP contribution in [0, 0.1) is 0 Å². The first kappa shape index (κ1) is 15.3. The molecule has 0 saturated carbocycles. The topological polar surface area (TPSA) is 68.6 Å². The van der Waals surface area contributed by atoms with Crippen molar-refractivity contribution in [1.82, 2.24) is 10.2 Å². The van der Waals surface area contributed by atoms with Gasteiger partial charge in [-0.1, -0.05) is 23.2 Å². The summed E-state index contributed by atoms with van der Waals surface area (Å²) in [4.78, 5) is 0. The minimum absolute atomic E-state index is 0.114. The Labute approximate surface area is 131 Å². The van der Waals surface area contributed by atoms with Gasteiger partial charge in [0, 0.05) is 0 Å². The van der Waals surface area contributed by atoms with Gasteiger partial charge in [-0.3, -0.25) is 5.43 Å². The predicted octanol–water partition coefficient (Wildman–Crippen LogP) is 3.25. The molecule has 0 unspecified atom stereocenters. The van der Waals surface area contributed by atoms with Crippen LogP contribution < -0.4 is 14.9 Å². The molecule has 2 rings (SSSR count). The van der Waals surface area contributed by atoms with E-state index in [4.69, 9.17) is 32.7 Å². The molecule has 0 bridgehead atoms. The maximum atomic E-state index is 5.95. The van der Waals surface area contributed by atoms with E-state index in [9.17, 15) is 0 Å². The zero-order valence-corrected chi connectivity index (χ0v) is 12.8. The Hall–Kier alpha value is -2.05. The maximum Gasteiger partial charge on any atom is 0.172 e. The fourth-order valence-corrected chi connectivity index (χ4v) is 1.81. The van der Waals surface area contributed by atoms with Crippen LogP contribution in [0.25, 0.3) is 0 Å². The molecule has 0 aliphatic heterocycles. The molecule has 0 radical (unpaired) electrons. The highest BCUT2D eigenvalue weighted by molar-refractivity contribution is 6.42. The van der Waals surface area contributed by atoms with E-state index in [1.165, 1.54) is 6.20 Å². The summed E-state index contributed by atoms with van der Waals surface area (Å²) in [6, 6.07) is 5.42. The second-order valence-electron chi connectivity index (χ2n) is 3.85. The highest BCUT2D eigenvalue weighted by Gasteiger charge is 2.06. The van der Waals surface area contributed by atoms with E-state index in [-0.39, 0.29) is 10.2 Å². The molecule has 1 aromatic carbocycles. The molecular formula is C13H12Cl2N4O2. The average Bonchev–Trinajstić information content (AvgIpc) is 2.51. The van der Waals surface area contributed by atoms with Crippen molar-refractivity contribution in [3.63, 3.8) is 0 Å². The van der Waals surface area contributed by atoms with Crippen LogP contribution in [0.4, 0.5) is 5.69 Å². The van der Waals surface area contributed by atoms with Crippen molar-refractivity contribution >= 4 is 35.1 Å². The van der Waals surface area contributed by atoms with E-state index in [2.05, 4.69) is 20.7 Å². The number of rotatable bonds is 5. The normalized spacial score (nSPS) is 10.7. The van der Waals surface area contributed by atoms with Crippen LogP contribution in [0.2, 0.25) is 10.2 Å². The molecule has 1 heterocycles. The molecular weight excluding hydrogens is 315 g/mol. The van der Waals surface area contributed by atoms with Gasteiger partial charge in [-0.2, -0.15) is 10.2 Å². The van der Waals surface area contributed by atoms with Crippen molar-refractivity contribution in [2.45, 2.75) is 0 Å². The van der Waals surface area contributed by atoms with Gasteiger partial charge < -0.3 is 9.47 Å². The number of halogens is 2. The van der Waals surface area contributed by atoms with Gasteiger partial charge in [-0.05, 0) is 23.8 Å². The third-order valence-corrected chi connectivity index (χ3v) is 3.30. The number of hydrogen-bond acceptors (Lipinski definition) is 6. The number of ether oxygens (including phenoxy) is 2. The van der Waals surface area contributed by atoms with Gasteiger partial charge in [0.05, 0.1) is 32.3 Å². The molecule has 2 aromatic rings. The SMILES string of the molecule is COc1ccc(/C=N\Nc2cnnc(Cl)c2Cl)cc1OC.